The number of nitrogens with zero attached hydrogens (tertiary/aromatic N) is 1. The predicted molar refractivity (Wildman–Crippen MR) is 111 cm³/mol. The lowest BCUT2D eigenvalue weighted by atomic mass is 10.3. The summed E-state index contributed by atoms with van der Waals surface area (Å²) in [6.45, 7) is 10.9. The average Bonchev–Trinajstić information content (AvgIpc) is 2.80. The van der Waals surface area contributed by atoms with Crippen LogP contribution in [0.25, 0.3) is 0 Å². The van der Waals surface area contributed by atoms with Crippen molar-refractivity contribution in [2.45, 2.75) is 45.9 Å². The number of nitrogens with one attached hydrogen (secondary N) is 2. The Bertz CT molecular complexity index is 604. The minimum atomic E-state index is -3.12. The topological polar surface area (TPSA) is 70.6 Å². The maximum absolute atomic E-state index is 12.1. The van der Waals surface area contributed by atoms with Crippen molar-refractivity contribution >= 4 is 51.1 Å². The number of thiophene rings is 1. The van der Waals surface area contributed by atoms with Gasteiger partial charge in [-0.1, -0.05) is 0 Å². The van der Waals surface area contributed by atoms with E-state index < -0.39 is 14.6 Å². The van der Waals surface area contributed by atoms with Crippen LogP contribution < -0.4 is 10.6 Å². The Morgan fingerprint density at radius 2 is 1.91 bits per heavy atom. The van der Waals surface area contributed by atoms with Crippen molar-refractivity contribution in [1.82, 2.24) is 10.6 Å². The summed E-state index contributed by atoms with van der Waals surface area (Å²) in [5, 5.41) is 6.22. The van der Waals surface area contributed by atoms with Gasteiger partial charge in [0.05, 0.1) is 17.0 Å². The molecule has 0 aliphatic heterocycles. The van der Waals surface area contributed by atoms with E-state index in [2.05, 4.69) is 34.7 Å². The normalized spacial score (nSPS) is 12.7. The van der Waals surface area contributed by atoms with Gasteiger partial charge in [0.25, 0.3) is 0 Å². The number of aryl methyl sites for hydroxylation is 1. The van der Waals surface area contributed by atoms with Crippen LogP contribution in [-0.4, -0.2) is 38.0 Å². The number of rotatable bonds is 6. The molecule has 0 spiro atoms. The second-order valence-electron chi connectivity index (χ2n) is 6.07. The van der Waals surface area contributed by atoms with Crippen LogP contribution in [0.2, 0.25) is 0 Å². The second-order valence-corrected chi connectivity index (χ2v) is 10.3. The number of hydrogen-bond donors (Lipinski definition) is 2. The van der Waals surface area contributed by atoms with E-state index in [0.717, 1.165) is 6.54 Å². The predicted octanol–water partition coefficient (Wildman–Crippen LogP) is 2.94. The third kappa shape index (κ3) is 7.84. The molecule has 134 valence electrons. The Kier molecular flexibility index (Phi) is 9.68. The summed E-state index contributed by atoms with van der Waals surface area (Å²) in [5.41, 5.74) is 0. The van der Waals surface area contributed by atoms with Crippen LogP contribution in [-0.2, 0) is 16.4 Å². The van der Waals surface area contributed by atoms with Crippen LogP contribution in [0.15, 0.2) is 17.1 Å². The van der Waals surface area contributed by atoms with Gasteiger partial charge in [-0.2, -0.15) is 0 Å². The molecule has 0 aromatic carbocycles. The van der Waals surface area contributed by atoms with Crippen LogP contribution in [0.5, 0.6) is 0 Å². The van der Waals surface area contributed by atoms with E-state index >= 15 is 0 Å². The SMILES string of the molecule is CCNC(=NCc1ccc(C)s1)NCCS(=O)(=O)C(C)(C)C.I. The van der Waals surface area contributed by atoms with Gasteiger partial charge in [-0.15, -0.1) is 35.3 Å². The highest BCUT2D eigenvalue weighted by atomic mass is 127. The van der Waals surface area contributed by atoms with Gasteiger partial charge in [0, 0.05) is 22.8 Å². The highest BCUT2D eigenvalue weighted by molar-refractivity contribution is 14.0. The fourth-order valence-electron chi connectivity index (χ4n) is 1.68. The van der Waals surface area contributed by atoms with Gasteiger partial charge in [-0.3, -0.25) is 0 Å². The molecular formula is C15H28IN3O2S2. The molecular weight excluding hydrogens is 445 g/mol. The highest BCUT2D eigenvalue weighted by Crippen LogP contribution is 2.16. The molecule has 0 amide bonds. The first-order chi connectivity index (χ1) is 10.2. The molecule has 0 fully saturated rings. The molecule has 0 atom stereocenters. The molecule has 1 aromatic heterocycles. The first-order valence-corrected chi connectivity index (χ1v) is 9.92. The third-order valence-electron chi connectivity index (χ3n) is 3.13. The van der Waals surface area contributed by atoms with E-state index in [1.165, 1.54) is 9.75 Å². The fraction of sp³-hybridized carbons (Fsp3) is 0.667. The zero-order valence-corrected chi connectivity index (χ0v) is 18.4. The smallest absolute Gasteiger partial charge is 0.191 e. The van der Waals surface area contributed by atoms with Gasteiger partial charge >= 0.3 is 0 Å². The molecule has 8 heteroatoms. The molecule has 0 bridgehead atoms. The molecule has 23 heavy (non-hydrogen) atoms. The van der Waals surface area contributed by atoms with E-state index in [0.29, 0.717) is 19.0 Å². The number of hydrogen-bond acceptors (Lipinski definition) is 4. The van der Waals surface area contributed by atoms with Crippen LogP contribution in [0.4, 0.5) is 0 Å². The monoisotopic (exact) mass is 473 g/mol. The molecule has 0 radical (unpaired) electrons. The van der Waals surface area contributed by atoms with E-state index in [-0.39, 0.29) is 29.7 Å². The molecule has 1 rings (SSSR count). The molecule has 1 aromatic rings. The van der Waals surface area contributed by atoms with Crippen molar-refractivity contribution in [3.05, 3.63) is 21.9 Å². The lowest BCUT2D eigenvalue weighted by Gasteiger charge is -2.19. The molecule has 0 saturated carbocycles. The number of aliphatic imine (C=N–C) groups is 1. The summed E-state index contributed by atoms with van der Waals surface area (Å²) in [7, 11) is -3.12. The Morgan fingerprint density at radius 3 is 2.39 bits per heavy atom. The minimum absolute atomic E-state index is 0. The standard InChI is InChI=1S/C15H27N3O2S2.HI/c1-6-16-14(18-11-13-8-7-12(2)21-13)17-9-10-22(19,20)15(3,4)5;/h7-8H,6,9-11H2,1-5H3,(H2,16,17,18);1H. The first-order valence-electron chi connectivity index (χ1n) is 7.45. The number of guanidine groups is 1. The summed E-state index contributed by atoms with van der Waals surface area (Å²) < 4.78 is 23.4. The highest BCUT2D eigenvalue weighted by Gasteiger charge is 2.28. The molecule has 0 saturated heterocycles. The molecule has 0 aliphatic rings. The Labute approximate surface area is 161 Å². The van der Waals surface area contributed by atoms with Crippen molar-refractivity contribution in [2.24, 2.45) is 4.99 Å². The number of halogens is 1. The first kappa shape index (κ1) is 22.6. The van der Waals surface area contributed by atoms with Gasteiger partial charge in [0.15, 0.2) is 15.8 Å². The van der Waals surface area contributed by atoms with Crippen LogP contribution >= 0.6 is 35.3 Å². The Hall–Kier alpha value is -0.350. The van der Waals surface area contributed by atoms with Gasteiger partial charge in [-0.25, -0.2) is 13.4 Å². The van der Waals surface area contributed by atoms with E-state index in [1.54, 1.807) is 32.1 Å². The van der Waals surface area contributed by atoms with Gasteiger partial charge in [0.2, 0.25) is 0 Å². The molecule has 2 N–H and O–H groups in total. The summed E-state index contributed by atoms with van der Waals surface area (Å²) in [5.74, 6) is 0.747. The molecule has 1 heterocycles. The number of sulfone groups is 1. The van der Waals surface area contributed by atoms with E-state index in [9.17, 15) is 8.42 Å². The Balaban J connectivity index is 0.00000484. The van der Waals surface area contributed by atoms with Crippen molar-refractivity contribution in [1.29, 1.82) is 0 Å². The maximum atomic E-state index is 12.1. The van der Waals surface area contributed by atoms with E-state index in [4.69, 9.17) is 0 Å². The average molecular weight is 473 g/mol. The van der Waals surface area contributed by atoms with Crippen molar-refractivity contribution < 1.29 is 8.42 Å². The van der Waals surface area contributed by atoms with Crippen LogP contribution in [0.1, 0.15) is 37.4 Å². The van der Waals surface area contributed by atoms with Crippen LogP contribution in [0.3, 0.4) is 0 Å². The zero-order chi connectivity index (χ0) is 16.8. The quantitative estimate of drug-likeness (QED) is 0.379. The minimum Gasteiger partial charge on any atom is -0.357 e. The molecule has 5 nitrogen and oxygen atoms in total. The molecule has 0 unspecified atom stereocenters. The van der Waals surface area contributed by atoms with Gasteiger partial charge in [-0.05, 0) is 46.8 Å². The van der Waals surface area contributed by atoms with Crippen molar-refractivity contribution in [3.63, 3.8) is 0 Å². The van der Waals surface area contributed by atoms with E-state index in [1.807, 2.05) is 6.92 Å². The summed E-state index contributed by atoms with van der Waals surface area (Å²) >= 11 is 1.72. The van der Waals surface area contributed by atoms with Gasteiger partial charge < -0.3 is 10.6 Å². The zero-order valence-electron chi connectivity index (χ0n) is 14.5. The molecule has 0 aliphatic carbocycles. The van der Waals surface area contributed by atoms with Crippen LogP contribution in [0, 0.1) is 6.92 Å². The summed E-state index contributed by atoms with van der Waals surface area (Å²) in [4.78, 5) is 6.94. The Morgan fingerprint density at radius 1 is 1.26 bits per heavy atom. The largest absolute Gasteiger partial charge is 0.357 e. The lowest BCUT2D eigenvalue weighted by Crippen LogP contribution is -2.41. The van der Waals surface area contributed by atoms with Crippen molar-refractivity contribution in [3.8, 4) is 0 Å². The lowest BCUT2D eigenvalue weighted by molar-refractivity contribution is 0.559. The van der Waals surface area contributed by atoms with Crippen molar-refractivity contribution in [2.75, 3.05) is 18.8 Å². The maximum Gasteiger partial charge on any atom is 0.191 e. The summed E-state index contributed by atoms with van der Waals surface area (Å²) in [6.07, 6.45) is 0. The fourth-order valence-corrected chi connectivity index (χ4v) is 3.48. The summed E-state index contributed by atoms with van der Waals surface area (Å²) in [6, 6.07) is 4.14. The third-order valence-corrected chi connectivity index (χ3v) is 6.72. The second kappa shape index (κ2) is 9.83. The van der Waals surface area contributed by atoms with Gasteiger partial charge in [0.1, 0.15) is 0 Å².